The first-order chi connectivity index (χ1) is 7.07. The minimum atomic E-state index is 0.398. The maximum atomic E-state index is 5.18. The number of rotatable bonds is 5. The lowest BCUT2D eigenvalue weighted by atomic mass is 9.97. The topological polar surface area (TPSA) is 42.8 Å². The molecule has 15 heavy (non-hydrogen) atoms. The van der Waals surface area contributed by atoms with Gasteiger partial charge in [-0.1, -0.05) is 20.8 Å². The summed E-state index contributed by atoms with van der Waals surface area (Å²) < 4.78 is 7.75. The molecular weight excluding hydrogens is 210 g/mol. The van der Waals surface area contributed by atoms with Crippen molar-refractivity contribution in [2.45, 2.75) is 33.2 Å². The summed E-state index contributed by atoms with van der Waals surface area (Å²) in [4.78, 5) is 0. The van der Waals surface area contributed by atoms with Gasteiger partial charge in [0.1, 0.15) is 5.82 Å². The summed E-state index contributed by atoms with van der Waals surface area (Å²) >= 11 is 5.18. The molecule has 1 aromatic rings. The van der Waals surface area contributed by atoms with Gasteiger partial charge in [0.15, 0.2) is 4.77 Å². The van der Waals surface area contributed by atoms with Crippen LogP contribution in [-0.2, 0) is 11.3 Å². The largest absolute Gasteiger partial charge is 0.383 e. The molecule has 0 saturated carbocycles. The molecule has 1 aromatic heterocycles. The summed E-state index contributed by atoms with van der Waals surface area (Å²) in [7, 11) is 1.69. The molecule has 0 saturated heterocycles. The van der Waals surface area contributed by atoms with Crippen molar-refractivity contribution in [1.29, 1.82) is 0 Å². The van der Waals surface area contributed by atoms with Gasteiger partial charge in [-0.2, -0.15) is 5.10 Å². The van der Waals surface area contributed by atoms with Crippen molar-refractivity contribution in [1.82, 2.24) is 14.8 Å². The van der Waals surface area contributed by atoms with Crippen LogP contribution < -0.4 is 0 Å². The zero-order valence-electron chi connectivity index (χ0n) is 9.78. The summed E-state index contributed by atoms with van der Waals surface area (Å²) in [6.07, 6.45) is 0. The highest BCUT2D eigenvalue weighted by atomic mass is 32.1. The standard InChI is InChI=1S/C10H19N3OS/c1-7(2)8(3)9-11-12-10(15)13(9)5-6-14-4/h7-8H,5-6H2,1-4H3,(H,12,15). The molecule has 0 bridgehead atoms. The third-order valence-corrected chi connectivity index (χ3v) is 3.03. The first kappa shape index (κ1) is 12.4. The van der Waals surface area contributed by atoms with Gasteiger partial charge in [-0.15, -0.1) is 0 Å². The second-order valence-corrected chi connectivity index (χ2v) is 4.45. The summed E-state index contributed by atoms with van der Waals surface area (Å²) in [5.74, 6) is 1.97. The lowest BCUT2D eigenvalue weighted by molar-refractivity contribution is 0.185. The molecule has 0 amide bonds. The van der Waals surface area contributed by atoms with Gasteiger partial charge in [0.05, 0.1) is 6.61 Å². The molecular formula is C10H19N3OS. The van der Waals surface area contributed by atoms with E-state index in [1.807, 2.05) is 4.57 Å². The Balaban J connectivity index is 2.92. The van der Waals surface area contributed by atoms with Crippen LogP contribution in [0.5, 0.6) is 0 Å². The number of aromatic nitrogens is 3. The van der Waals surface area contributed by atoms with Crippen LogP contribution in [-0.4, -0.2) is 28.5 Å². The normalized spacial score (nSPS) is 13.4. The van der Waals surface area contributed by atoms with Crippen LogP contribution in [0.3, 0.4) is 0 Å². The Kier molecular flexibility index (Phi) is 4.47. The van der Waals surface area contributed by atoms with Crippen molar-refractivity contribution in [3.63, 3.8) is 0 Å². The van der Waals surface area contributed by atoms with Crippen LogP contribution in [0.25, 0.3) is 0 Å². The van der Waals surface area contributed by atoms with Crippen molar-refractivity contribution in [2.75, 3.05) is 13.7 Å². The highest BCUT2D eigenvalue weighted by Crippen LogP contribution is 2.21. The minimum absolute atomic E-state index is 0.398. The highest BCUT2D eigenvalue weighted by molar-refractivity contribution is 7.71. The quantitative estimate of drug-likeness (QED) is 0.788. The van der Waals surface area contributed by atoms with Gasteiger partial charge in [-0.3, -0.25) is 5.10 Å². The second-order valence-electron chi connectivity index (χ2n) is 4.06. The zero-order chi connectivity index (χ0) is 11.4. The fourth-order valence-electron chi connectivity index (χ4n) is 1.37. The number of hydrogen-bond acceptors (Lipinski definition) is 3. The molecule has 0 aliphatic heterocycles. The smallest absolute Gasteiger partial charge is 0.195 e. The molecule has 86 valence electrons. The van der Waals surface area contributed by atoms with E-state index in [1.54, 1.807) is 7.11 Å². The lowest BCUT2D eigenvalue weighted by Gasteiger charge is -2.15. The Morgan fingerprint density at radius 2 is 2.13 bits per heavy atom. The molecule has 1 rings (SSSR count). The van der Waals surface area contributed by atoms with Crippen molar-refractivity contribution in [3.05, 3.63) is 10.6 Å². The molecule has 5 heteroatoms. The Morgan fingerprint density at radius 3 is 2.67 bits per heavy atom. The third-order valence-electron chi connectivity index (χ3n) is 2.71. The lowest BCUT2D eigenvalue weighted by Crippen LogP contribution is -2.13. The van der Waals surface area contributed by atoms with Crippen LogP contribution >= 0.6 is 12.2 Å². The van der Waals surface area contributed by atoms with E-state index in [4.69, 9.17) is 17.0 Å². The minimum Gasteiger partial charge on any atom is -0.383 e. The number of methoxy groups -OCH3 is 1. The van der Waals surface area contributed by atoms with Crippen LogP contribution in [0.1, 0.15) is 32.5 Å². The van der Waals surface area contributed by atoms with Crippen molar-refractivity contribution < 1.29 is 4.74 Å². The molecule has 0 aliphatic rings. The van der Waals surface area contributed by atoms with Gasteiger partial charge in [0, 0.05) is 19.6 Å². The highest BCUT2D eigenvalue weighted by Gasteiger charge is 2.16. The van der Waals surface area contributed by atoms with E-state index >= 15 is 0 Å². The fraction of sp³-hybridized carbons (Fsp3) is 0.800. The van der Waals surface area contributed by atoms with E-state index in [-0.39, 0.29) is 0 Å². The van der Waals surface area contributed by atoms with E-state index in [0.717, 1.165) is 12.4 Å². The molecule has 0 aliphatic carbocycles. The van der Waals surface area contributed by atoms with Gasteiger partial charge in [-0.05, 0) is 18.1 Å². The molecule has 0 fully saturated rings. The van der Waals surface area contributed by atoms with Crippen LogP contribution in [0.4, 0.5) is 0 Å². The zero-order valence-corrected chi connectivity index (χ0v) is 10.6. The van der Waals surface area contributed by atoms with Crippen molar-refractivity contribution in [2.24, 2.45) is 5.92 Å². The molecule has 0 radical (unpaired) electrons. The molecule has 0 aromatic carbocycles. The summed E-state index contributed by atoms with van der Waals surface area (Å²) in [5.41, 5.74) is 0. The van der Waals surface area contributed by atoms with Crippen molar-refractivity contribution >= 4 is 12.2 Å². The average Bonchev–Trinajstić information content (AvgIpc) is 2.55. The average molecular weight is 229 g/mol. The molecule has 4 nitrogen and oxygen atoms in total. The Morgan fingerprint density at radius 1 is 1.47 bits per heavy atom. The molecule has 1 unspecified atom stereocenters. The number of hydrogen-bond donors (Lipinski definition) is 1. The van der Waals surface area contributed by atoms with Gasteiger partial charge in [0.25, 0.3) is 0 Å². The monoisotopic (exact) mass is 229 g/mol. The Hall–Kier alpha value is -0.680. The van der Waals surface area contributed by atoms with Crippen molar-refractivity contribution in [3.8, 4) is 0 Å². The summed E-state index contributed by atoms with van der Waals surface area (Å²) in [6.45, 7) is 7.95. The van der Waals surface area contributed by atoms with Crippen LogP contribution in [0.2, 0.25) is 0 Å². The Labute approximate surface area is 95.7 Å². The third kappa shape index (κ3) is 2.89. The first-order valence-electron chi connectivity index (χ1n) is 5.22. The predicted octanol–water partition coefficient (Wildman–Crippen LogP) is 2.35. The second kappa shape index (κ2) is 5.42. The number of H-pyrrole nitrogens is 1. The van der Waals surface area contributed by atoms with E-state index in [2.05, 4.69) is 31.0 Å². The number of ether oxygens (including phenoxy) is 1. The van der Waals surface area contributed by atoms with Gasteiger partial charge < -0.3 is 9.30 Å². The van der Waals surface area contributed by atoms with Gasteiger partial charge >= 0.3 is 0 Å². The first-order valence-corrected chi connectivity index (χ1v) is 5.62. The summed E-state index contributed by atoms with van der Waals surface area (Å²) in [5, 5.41) is 7.12. The summed E-state index contributed by atoms with van der Waals surface area (Å²) in [6, 6.07) is 0. The molecule has 0 spiro atoms. The number of nitrogens with one attached hydrogen (secondary N) is 1. The SMILES string of the molecule is COCCn1c(C(C)C(C)C)n[nH]c1=S. The predicted molar refractivity (Wildman–Crippen MR) is 62.5 cm³/mol. The van der Waals surface area contributed by atoms with E-state index in [1.165, 1.54) is 0 Å². The van der Waals surface area contributed by atoms with Crippen LogP contribution in [0.15, 0.2) is 0 Å². The number of aromatic amines is 1. The number of nitrogens with zero attached hydrogens (tertiary/aromatic N) is 2. The molecule has 1 N–H and O–H groups in total. The van der Waals surface area contributed by atoms with E-state index in [9.17, 15) is 0 Å². The molecule has 1 atom stereocenters. The van der Waals surface area contributed by atoms with E-state index < -0.39 is 0 Å². The van der Waals surface area contributed by atoms with Gasteiger partial charge in [-0.25, -0.2) is 0 Å². The maximum Gasteiger partial charge on any atom is 0.195 e. The molecule has 1 heterocycles. The van der Waals surface area contributed by atoms with Crippen LogP contribution in [0, 0.1) is 10.7 Å². The van der Waals surface area contributed by atoms with E-state index in [0.29, 0.717) is 23.2 Å². The maximum absolute atomic E-state index is 5.18. The van der Waals surface area contributed by atoms with Gasteiger partial charge in [0.2, 0.25) is 0 Å². The fourth-order valence-corrected chi connectivity index (χ4v) is 1.60. The Bertz CT molecular complexity index is 356.